The number of nitrogens with two attached hydrogens (primary N) is 1. The number of amidine groups is 1. The molecule has 1 unspecified atom stereocenters. The molecule has 0 aromatic rings. The summed E-state index contributed by atoms with van der Waals surface area (Å²) in [6.07, 6.45) is 0.845. The molecule has 14 heavy (non-hydrogen) atoms. The van der Waals surface area contributed by atoms with Crippen LogP contribution in [-0.2, 0) is 4.79 Å². The Hall–Kier alpha value is -1.26. The van der Waals surface area contributed by atoms with E-state index < -0.39 is 5.41 Å². The van der Waals surface area contributed by atoms with E-state index in [1.54, 1.807) is 13.8 Å². The van der Waals surface area contributed by atoms with Gasteiger partial charge in [-0.2, -0.15) is 0 Å². The molecule has 0 spiro atoms. The zero-order valence-corrected chi connectivity index (χ0v) is 9.16. The summed E-state index contributed by atoms with van der Waals surface area (Å²) < 4.78 is 0. The Labute approximate surface area is 84.4 Å². The lowest BCUT2D eigenvalue weighted by atomic mass is 9.90. The largest absolute Gasteiger partial charge is 0.409 e. The second kappa shape index (κ2) is 4.83. The third kappa shape index (κ3) is 2.90. The minimum atomic E-state index is -0.974. The van der Waals surface area contributed by atoms with Crippen LogP contribution in [0.1, 0.15) is 34.1 Å². The second-order valence-corrected chi connectivity index (χ2v) is 3.89. The highest BCUT2D eigenvalue weighted by molar-refractivity contribution is 6.05. The highest BCUT2D eigenvalue weighted by Gasteiger charge is 2.33. The van der Waals surface area contributed by atoms with E-state index >= 15 is 0 Å². The lowest BCUT2D eigenvalue weighted by Crippen LogP contribution is -2.48. The van der Waals surface area contributed by atoms with Crippen molar-refractivity contribution in [1.82, 2.24) is 5.32 Å². The number of hydrogen-bond donors (Lipinski definition) is 3. The standard InChI is InChI=1S/C9H19N3O2/c1-5-6(2)11-8(13)9(3,4)7(10)12-14/h6,14H,5H2,1-4H3,(H2,10,12)(H,11,13). The van der Waals surface area contributed by atoms with Gasteiger partial charge in [0.1, 0.15) is 5.41 Å². The highest BCUT2D eigenvalue weighted by atomic mass is 16.4. The van der Waals surface area contributed by atoms with Crippen LogP contribution in [0.4, 0.5) is 0 Å². The normalized spacial score (nSPS) is 15.0. The third-order valence-corrected chi connectivity index (χ3v) is 2.31. The molecule has 0 saturated heterocycles. The molecule has 0 aliphatic carbocycles. The Bertz CT molecular complexity index is 236. The molecular weight excluding hydrogens is 182 g/mol. The first kappa shape index (κ1) is 12.7. The van der Waals surface area contributed by atoms with Crippen molar-refractivity contribution in [1.29, 1.82) is 0 Å². The van der Waals surface area contributed by atoms with Crippen molar-refractivity contribution in [2.24, 2.45) is 16.3 Å². The van der Waals surface area contributed by atoms with Gasteiger partial charge in [-0.25, -0.2) is 0 Å². The predicted octanol–water partition coefficient (Wildman–Crippen LogP) is 0.674. The fourth-order valence-corrected chi connectivity index (χ4v) is 0.748. The van der Waals surface area contributed by atoms with Crippen LogP contribution in [-0.4, -0.2) is 23.0 Å². The predicted molar refractivity (Wildman–Crippen MR) is 55.1 cm³/mol. The van der Waals surface area contributed by atoms with Crippen LogP contribution < -0.4 is 11.1 Å². The number of oxime groups is 1. The van der Waals surface area contributed by atoms with Gasteiger partial charge in [-0.15, -0.1) is 0 Å². The number of carbonyl (C=O) groups excluding carboxylic acids is 1. The van der Waals surface area contributed by atoms with E-state index in [0.717, 1.165) is 6.42 Å². The Kier molecular flexibility index (Phi) is 4.40. The summed E-state index contributed by atoms with van der Waals surface area (Å²) in [4.78, 5) is 11.7. The van der Waals surface area contributed by atoms with Crippen molar-refractivity contribution in [3.8, 4) is 0 Å². The number of carbonyl (C=O) groups is 1. The molecule has 0 aliphatic rings. The van der Waals surface area contributed by atoms with Gasteiger partial charge in [-0.05, 0) is 27.2 Å². The van der Waals surface area contributed by atoms with Gasteiger partial charge in [0.05, 0.1) is 0 Å². The van der Waals surface area contributed by atoms with E-state index in [1.165, 1.54) is 0 Å². The fourth-order valence-electron chi connectivity index (χ4n) is 0.748. The van der Waals surface area contributed by atoms with Gasteiger partial charge in [0.15, 0.2) is 5.84 Å². The topological polar surface area (TPSA) is 87.7 Å². The molecule has 0 rings (SSSR count). The van der Waals surface area contributed by atoms with Crippen LogP contribution in [0, 0.1) is 5.41 Å². The number of nitrogens with zero attached hydrogens (tertiary/aromatic N) is 1. The molecule has 5 nitrogen and oxygen atoms in total. The monoisotopic (exact) mass is 201 g/mol. The number of rotatable bonds is 4. The van der Waals surface area contributed by atoms with Gasteiger partial charge in [0.25, 0.3) is 0 Å². The number of hydrogen-bond acceptors (Lipinski definition) is 3. The zero-order chi connectivity index (χ0) is 11.4. The van der Waals surface area contributed by atoms with Gasteiger partial charge in [0.2, 0.25) is 5.91 Å². The molecule has 0 saturated carbocycles. The van der Waals surface area contributed by atoms with Gasteiger partial charge < -0.3 is 16.3 Å². The molecule has 4 N–H and O–H groups in total. The molecular formula is C9H19N3O2. The summed E-state index contributed by atoms with van der Waals surface area (Å²) in [5.41, 5.74) is 4.43. The van der Waals surface area contributed by atoms with Crippen molar-refractivity contribution in [3.63, 3.8) is 0 Å². The van der Waals surface area contributed by atoms with E-state index in [4.69, 9.17) is 10.9 Å². The number of nitrogens with one attached hydrogen (secondary N) is 1. The molecule has 0 radical (unpaired) electrons. The number of amides is 1. The lowest BCUT2D eigenvalue weighted by molar-refractivity contribution is -0.127. The van der Waals surface area contributed by atoms with Gasteiger partial charge in [-0.3, -0.25) is 4.79 Å². The Morgan fingerprint density at radius 1 is 1.64 bits per heavy atom. The molecule has 1 amide bonds. The van der Waals surface area contributed by atoms with Crippen molar-refractivity contribution in [2.75, 3.05) is 0 Å². The van der Waals surface area contributed by atoms with E-state index in [0.29, 0.717) is 0 Å². The molecule has 0 heterocycles. The maximum atomic E-state index is 11.7. The molecule has 0 fully saturated rings. The molecule has 5 heteroatoms. The summed E-state index contributed by atoms with van der Waals surface area (Å²) in [5.74, 6) is -0.319. The third-order valence-electron chi connectivity index (χ3n) is 2.31. The quantitative estimate of drug-likeness (QED) is 0.270. The van der Waals surface area contributed by atoms with Crippen molar-refractivity contribution < 1.29 is 10.0 Å². The van der Waals surface area contributed by atoms with Crippen LogP contribution in [0.25, 0.3) is 0 Å². The van der Waals surface area contributed by atoms with Gasteiger partial charge in [-0.1, -0.05) is 12.1 Å². The Morgan fingerprint density at radius 3 is 2.50 bits per heavy atom. The maximum Gasteiger partial charge on any atom is 0.233 e. The maximum absolute atomic E-state index is 11.7. The first-order valence-corrected chi connectivity index (χ1v) is 4.65. The van der Waals surface area contributed by atoms with E-state index in [9.17, 15) is 4.79 Å². The smallest absolute Gasteiger partial charge is 0.233 e. The van der Waals surface area contributed by atoms with Crippen molar-refractivity contribution in [2.45, 2.75) is 40.2 Å². The van der Waals surface area contributed by atoms with Crippen LogP contribution in [0.2, 0.25) is 0 Å². The van der Waals surface area contributed by atoms with Gasteiger partial charge >= 0.3 is 0 Å². The molecule has 82 valence electrons. The van der Waals surface area contributed by atoms with Crippen LogP contribution in [0.5, 0.6) is 0 Å². The first-order valence-electron chi connectivity index (χ1n) is 4.65. The van der Waals surface area contributed by atoms with Gasteiger partial charge in [0, 0.05) is 6.04 Å². The fraction of sp³-hybridized carbons (Fsp3) is 0.778. The average Bonchev–Trinajstić information content (AvgIpc) is 2.15. The minimum Gasteiger partial charge on any atom is -0.409 e. The first-order chi connectivity index (χ1) is 6.36. The van der Waals surface area contributed by atoms with Crippen molar-refractivity contribution in [3.05, 3.63) is 0 Å². The van der Waals surface area contributed by atoms with E-state index in [-0.39, 0.29) is 17.8 Å². The van der Waals surface area contributed by atoms with E-state index in [2.05, 4.69) is 10.5 Å². The molecule has 0 aromatic carbocycles. The summed E-state index contributed by atoms with van der Waals surface area (Å²) in [6.45, 7) is 7.10. The van der Waals surface area contributed by atoms with Crippen LogP contribution in [0.15, 0.2) is 5.16 Å². The summed E-state index contributed by atoms with van der Waals surface area (Å²) in [7, 11) is 0. The summed E-state index contributed by atoms with van der Waals surface area (Å²) in [6, 6.07) is 0.0910. The minimum absolute atomic E-state index is 0.0849. The lowest BCUT2D eigenvalue weighted by Gasteiger charge is -2.24. The second-order valence-electron chi connectivity index (χ2n) is 3.89. The molecule has 0 bridgehead atoms. The van der Waals surface area contributed by atoms with Crippen molar-refractivity contribution >= 4 is 11.7 Å². The molecule has 0 aromatic heterocycles. The molecule has 0 aliphatic heterocycles. The van der Waals surface area contributed by atoms with Crippen LogP contribution >= 0.6 is 0 Å². The Balaban J connectivity index is 4.52. The summed E-state index contributed by atoms with van der Waals surface area (Å²) >= 11 is 0. The molecule has 1 atom stereocenters. The average molecular weight is 201 g/mol. The SMILES string of the molecule is CCC(C)NC(=O)C(C)(C)C(N)=NO. The highest BCUT2D eigenvalue weighted by Crippen LogP contribution is 2.15. The zero-order valence-electron chi connectivity index (χ0n) is 9.16. The summed E-state index contributed by atoms with van der Waals surface area (Å²) in [5, 5.41) is 14.1. The van der Waals surface area contributed by atoms with Crippen LogP contribution in [0.3, 0.4) is 0 Å². The Morgan fingerprint density at radius 2 is 2.14 bits per heavy atom. The van der Waals surface area contributed by atoms with E-state index in [1.807, 2.05) is 13.8 Å².